The minimum Gasteiger partial charge on any atom is -0.778 e. The summed E-state index contributed by atoms with van der Waals surface area (Å²) in [6.07, 6.45) is -11.8. The van der Waals surface area contributed by atoms with E-state index in [-0.39, 0.29) is 40.7 Å². The number of aromatic nitrogens is 10. The van der Waals surface area contributed by atoms with E-state index in [9.17, 15) is 67.5 Å². The van der Waals surface area contributed by atoms with Crippen LogP contribution in [0.15, 0.2) is 45.6 Å². The predicted molar refractivity (Wildman–Crippen MR) is 236 cm³/mol. The van der Waals surface area contributed by atoms with Crippen LogP contribution >= 0.6 is 30.9 Å². The standard InChI is InChI=1S/C33H47N13O23P4/c1-43-12-46(27-19(43)28(51)41-32(35)40-27)29-20(48)13(6-61-2)14(66-29)7-65-73(59,60)69-72(57,58)42-71(55,56)64-9-16-24(23(62-3)31(68-16)45-11-38-18-25(34)36-10-37-26(18)45)70(53,54)63-8-15-21(49)22(50)30(67-15)44-5-4-17(47)39-33(44)52/h4-5,10-16,20-24,29-31,48-50H,6-9H2,1-3H3,(H10-,34,35,36,37,39,40,41,42,47,51,52,53,54,55,56,57,58,59,60)/t13-,14-,15-,16?,20-,21-,22-,23-,24-,29-,30-,31-/m1/s1. The van der Waals surface area contributed by atoms with Gasteiger partial charge in [0.25, 0.3) is 17.1 Å². The largest absolute Gasteiger partial charge is 0.778 e. The van der Waals surface area contributed by atoms with E-state index in [1.54, 1.807) is 0 Å². The minimum atomic E-state index is -5.95. The molecule has 0 amide bonds. The first-order chi connectivity index (χ1) is 34.2. The number of phosphoric ester groups is 1. The van der Waals surface area contributed by atoms with Crippen LogP contribution in [0.25, 0.3) is 22.3 Å². The molecule has 13 N–H and O–H groups in total. The maximum atomic E-state index is 14.2. The highest BCUT2D eigenvalue weighted by Crippen LogP contribution is 2.63. The summed E-state index contributed by atoms with van der Waals surface area (Å²) in [5.74, 6) is -1.39. The zero-order valence-electron chi connectivity index (χ0n) is 37.8. The Morgan fingerprint density at radius 3 is 2.25 bits per heavy atom. The van der Waals surface area contributed by atoms with Crippen LogP contribution < -0.4 is 42.6 Å². The third-order valence-electron chi connectivity index (χ3n) is 11.7. The highest BCUT2D eigenvalue weighted by atomic mass is 31.3. The van der Waals surface area contributed by atoms with Crippen molar-refractivity contribution in [2.75, 3.05) is 52.1 Å². The summed E-state index contributed by atoms with van der Waals surface area (Å²) in [5.41, 5.74) is 7.19. The van der Waals surface area contributed by atoms with E-state index in [1.807, 2.05) is 4.98 Å². The highest BCUT2D eigenvalue weighted by molar-refractivity contribution is 7.71. The van der Waals surface area contributed by atoms with Crippen molar-refractivity contribution in [2.24, 2.45) is 13.0 Å². The molecule has 3 fully saturated rings. The SMILES string of the molecule is COC[C@H]1[C@@H](O)[C@H]([n+]2cn(C)c3c(=O)[nH]c(N)nc32)O[C@@H]1COP(=O)(O)OP(=O)(O)NP(=O)(O)OCC1O[C@@H](n2cnc3c(N)ncnc32)[C@H](OC)[C@@H]1P(=O)([O-])OC[C@H]1O[C@@H](n2ccc(=O)[nH]c2=O)[C@H](O)[C@@H]1O. The molecule has 3 aliphatic heterocycles. The number of imidazole rings is 2. The molecule has 5 aromatic rings. The summed E-state index contributed by atoms with van der Waals surface area (Å²) >= 11 is 0. The van der Waals surface area contributed by atoms with E-state index in [0.29, 0.717) is 0 Å². The number of fused-ring (bicyclic) bond motifs is 2. The average Bonchev–Trinajstić information content (AvgIpc) is 4.10. The van der Waals surface area contributed by atoms with Crippen molar-refractivity contribution in [1.29, 1.82) is 0 Å². The quantitative estimate of drug-likeness (QED) is 0.0257. The molecule has 0 radical (unpaired) electrons. The number of aliphatic hydroxyl groups is 3. The number of hydrogen-bond donors (Lipinski definition) is 11. The van der Waals surface area contributed by atoms with E-state index in [2.05, 4.69) is 29.2 Å². The topological polar surface area (TPSA) is 513 Å². The summed E-state index contributed by atoms with van der Waals surface area (Å²) in [4.78, 5) is 104. The van der Waals surface area contributed by atoms with Crippen molar-refractivity contribution in [1.82, 2.24) is 48.5 Å². The van der Waals surface area contributed by atoms with Crippen LogP contribution in [0.2, 0.25) is 0 Å². The van der Waals surface area contributed by atoms with Crippen LogP contribution in [0.1, 0.15) is 18.7 Å². The van der Waals surface area contributed by atoms with E-state index >= 15 is 0 Å². The van der Waals surface area contributed by atoms with Gasteiger partial charge in [0.15, 0.2) is 30.2 Å². The molecule has 36 nitrogen and oxygen atoms in total. The molecule has 402 valence electrons. The number of rotatable bonds is 20. The summed E-state index contributed by atoms with van der Waals surface area (Å²) < 4.78 is 106. The van der Waals surface area contributed by atoms with Gasteiger partial charge in [-0.15, -0.1) is 4.86 Å². The third-order valence-corrected chi connectivity index (χ3v) is 18.3. The first-order valence-corrected chi connectivity index (χ1v) is 27.3. The van der Waals surface area contributed by atoms with Gasteiger partial charge in [0.1, 0.15) is 50.0 Å². The number of methoxy groups -OCH3 is 2. The number of hydrogen-bond acceptors (Lipinski definition) is 26. The van der Waals surface area contributed by atoms with Crippen molar-refractivity contribution in [3.63, 3.8) is 0 Å². The fourth-order valence-electron chi connectivity index (χ4n) is 8.51. The van der Waals surface area contributed by atoms with Gasteiger partial charge in [-0.25, -0.2) is 38.0 Å². The average molecular weight is 1120 g/mol. The van der Waals surface area contributed by atoms with Gasteiger partial charge in [-0.2, -0.15) is 4.31 Å². The molecule has 8 rings (SSSR count). The number of anilines is 2. The molecular weight excluding hydrogens is 1070 g/mol. The van der Waals surface area contributed by atoms with E-state index in [0.717, 1.165) is 36.6 Å². The van der Waals surface area contributed by atoms with Gasteiger partial charge in [-0.1, -0.05) is 4.98 Å². The molecule has 0 aliphatic carbocycles. The lowest BCUT2D eigenvalue weighted by Gasteiger charge is -2.35. The van der Waals surface area contributed by atoms with Crippen LogP contribution in [0.4, 0.5) is 11.8 Å². The molecule has 3 aliphatic rings. The molecule has 40 heteroatoms. The lowest BCUT2D eigenvalue weighted by Crippen LogP contribution is -2.45. The lowest BCUT2D eigenvalue weighted by atomic mass is 9.99. The number of H-pyrrole nitrogens is 2. The fraction of sp³-hybridized carbons (Fsp3) is 0.576. The summed E-state index contributed by atoms with van der Waals surface area (Å²) in [7, 11) is -19.1. The summed E-state index contributed by atoms with van der Waals surface area (Å²) in [6, 6.07) is 0.921. The molecule has 0 spiro atoms. The number of nitrogens with two attached hydrogens (primary N) is 2. The molecule has 73 heavy (non-hydrogen) atoms. The number of phosphoric acid groups is 1. The normalized spacial score (nSPS) is 30.9. The fourth-order valence-corrected chi connectivity index (χ4v) is 14.2. The number of aryl methyl sites for hydroxylation is 1. The Morgan fingerprint density at radius 2 is 1.55 bits per heavy atom. The number of aliphatic hydroxyl groups excluding tert-OH is 3. The van der Waals surface area contributed by atoms with Crippen molar-refractivity contribution in [3.05, 3.63) is 62.4 Å². The van der Waals surface area contributed by atoms with Gasteiger partial charge in [0.05, 0.1) is 57.7 Å². The molecule has 16 atom stereocenters. The van der Waals surface area contributed by atoms with Crippen LogP contribution in [-0.4, -0.2) is 163 Å². The molecule has 5 aromatic heterocycles. The van der Waals surface area contributed by atoms with Gasteiger partial charge in [-0.3, -0.25) is 42.3 Å². The number of ether oxygens (including phenoxy) is 5. The number of nitrogens with one attached hydrogen (secondary N) is 3. The molecular formula is C33H47N13O23P4. The van der Waals surface area contributed by atoms with Crippen LogP contribution in [0.3, 0.4) is 0 Å². The van der Waals surface area contributed by atoms with Crippen molar-refractivity contribution >= 4 is 65.0 Å². The maximum absolute atomic E-state index is 14.2. The van der Waals surface area contributed by atoms with Crippen LogP contribution in [0, 0.1) is 5.92 Å². The van der Waals surface area contributed by atoms with E-state index < -0.39 is 141 Å². The van der Waals surface area contributed by atoms with Gasteiger partial charge in [0, 0.05) is 32.4 Å². The van der Waals surface area contributed by atoms with Crippen LogP contribution in [0.5, 0.6) is 0 Å². The molecule has 0 bridgehead atoms. The third kappa shape index (κ3) is 11.2. The zero-order valence-corrected chi connectivity index (χ0v) is 41.4. The molecule has 0 saturated carbocycles. The number of nitrogen functional groups attached to an aromatic ring is 2. The van der Waals surface area contributed by atoms with Gasteiger partial charge in [-0.05, 0) is 0 Å². The summed E-state index contributed by atoms with van der Waals surface area (Å²) in [6.45, 7) is -3.50. The van der Waals surface area contributed by atoms with Gasteiger partial charge >= 0.3 is 34.7 Å². The molecule has 0 aromatic carbocycles. The Morgan fingerprint density at radius 1 is 0.849 bits per heavy atom. The Balaban J connectivity index is 0.957. The molecule has 5 unspecified atom stereocenters. The predicted octanol–water partition coefficient (Wildman–Crippen LogP) is -4.96. The van der Waals surface area contributed by atoms with Gasteiger partial charge < -0.3 is 79.1 Å². The Hall–Kier alpha value is -4.58. The van der Waals surface area contributed by atoms with Crippen LogP contribution in [-0.2, 0) is 66.9 Å². The first kappa shape index (κ1) is 54.7. The van der Waals surface area contributed by atoms with Crippen molar-refractivity contribution in [3.8, 4) is 0 Å². The van der Waals surface area contributed by atoms with Gasteiger partial charge in [0.2, 0.25) is 11.7 Å². The smallest absolute Gasteiger partial charge is 0.480 e. The lowest BCUT2D eigenvalue weighted by molar-refractivity contribution is -0.745. The van der Waals surface area contributed by atoms with E-state index in [1.165, 1.54) is 39.0 Å². The monoisotopic (exact) mass is 1120 g/mol. The van der Waals surface area contributed by atoms with Crippen molar-refractivity contribution in [2.45, 2.75) is 67.1 Å². The minimum absolute atomic E-state index is 0.0147. The summed E-state index contributed by atoms with van der Waals surface area (Å²) in [5, 5.41) is 32.7. The first-order valence-electron chi connectivity index (χ1n) is 21.0. The molecule has 3 saturated heterocycles. The second-order valence-electron chi connectivity index (χ2n) is 16.5. The van der Waals surface area contributed by atoms with Crippen molar-refractivity contribution < 1.29 is 99.3 Å². The Kier molecular flexibility index (Phi) is 15.6. The number of aromatic amines is 2. The maximum Gasteiger partial charge on any atom is 0.480 e. The second-order valence-corrected chi connectivity index (χ2v) is 23.4. The zero-order chi connectivity index (χ0) is 53.1. The number of nitrogens with zero attached hydrogens (tertiary/aromatic N) is 8. The van der Waals surface area contributed by atoms with E-state index in [4.69, 9.17) is 48.7 Å². The second kappa shape index (κ2) is 20.9. The Labute approximate surface area is 406 Å². The Bertz CT molecular complexity index is 3250. The molecule has 8 heterocycles. The highest BCUT2D eigenvalue weighted by Gasteiger charge is 2.54.